The first-order valence-electron chi connectivity index (χ1n) is 8.81. The zero-order valence-electron chi connectivity index (χ0n) is 15.1. The van der Waals surface area contributed by atoms with Crippen molar-refractivity contribution in [2.24, 2.45) is 4.99 Å². The zero-order chi connectivity index (χ0) is 20.2. The van der Waals surface area contributed by atoms with Gasteiger partial charge in [0.2, 0.25) is 0 Å². The number of hydrogen-bond donors (Lipinski definition) is 1. The van der Waals surface area contributed by atoms with Crippen molar-refractivity contribution in [1.29, 1.82) is 0 Å². The van der Waals surface area contributed by atoms with Crippen LogP contribution in [0, 0.1) is 2.44 Å². The van der Waals surface area contributed by atoms with Crippen molar-refractivity contribution in [3.63, 3.8) is 0 Å². The second kappa shape index (κ2) is 7.78. The molecule has 0 fully saturated rings. The van der Waals surface area contributed by atoms with Gasteiger partial charge in [0.15, 0.2) is 0 Å². The number of ketones is 1. The Balaban J connectivity index is 2.10. The molecule has 28 heavy (non-hydrogen) atoms. The normalized spacial score (nSPS) is 20.5. The molecule has 0 radical (unpaired) electrons. The van der Waals surface area contributed by atoms with E-state index in [4.69, 9.17) is 4.99 Å². The van der Waals surface area contributed by atoms with Crippen LogP contribution in [0.3, 0.4) is 0 Å². The summed E-state index contributed by atoms with van der Waals surface area (Å²) in [5.41, 5.74) is 2.76. The van der Waals surface area contributed by atoms with Crippen molar-refractivity contribution < 1.29 is 9.90 Å². The predicted molar refractivity (Wildman–Crippen MR) is 134 cm³/mol. The van der Waals surface area contributed by atoms with Gasteiger partial charge in [-0.25, -0.2) is 0 Å². The number of aromatic hydroxyl groups is 1. The Morgan fingerprint density at radius 1 is 1.25 bits per heavy atom. The summed E-state index contributed by atoms with van der Waals surface area (Å²) in [4.78, 5) is 17.1. The summed E-state index contributed by atoms with van der Waals surface area (Å²) < 4.78 is 4.48. The van der Waals surface area contributed by atoms with E-state index in [2.05, 4.69) is 67.9 Å². The molecule has 1 aliphatic heterocycles. The number of carbonyl (C=O) groups is 1. The molecule has 2 aromatic rings. The second-order valence-electron chi connectivity index (χ2n) is 7.06. The molecule has 3 nitrogen and oxygen atoms in total. The number of nitrogens with zero attached hydrogens (tertiary/aromatic N) is 1. The Hall–Kier alpha value is -0.254. The number of allylic oxidation sites excluding steroid dienone is 4. The van der Waals surface area contributed by atoms with Gasteiger partial charge in [0, 0.05) is 0 Å². The van der Waals surface area contributed by atoms with E-state index in [1.165, 1.54) is 2.44 Å². The van der Waals surface area contributed by atoms with Gasteiger partial charge in [-0.05, 0) is 0 Å². The topological polar surface area (TPSA) is 49.7 Å². The third-order valence-corrected chi connectivity index (χ3v) is 17.8. The number of carbonyl (C=O) groups excluding carboxylic acids is 1. The molecule has 2 aliphatic rings. The summed E-state index contributed by atoms with van der Waals surface area (Å²) in [7, 11) is -2.26. The molecule has 0 saturated carbocycles. The first-order valence-corrected chi connectivity index (χ1v) is 15.9. The summed E-state index contributed by atoms with van der Waals surface area (Å²) in [5, 5.41) is 13.2. The molecule has 1 aromatic heterocycles. The van der Waals surface area contributed by atoms with Crippen LogP contribution in [0.25, 0.3) is 10.0 Å². The molecule has 1 aromatic carbocycles. The van der Waals surface area contributed by atoms with E-state index in [1.54, 1.807) is 18.2 Å². The van der Waals surface area contributed by atoms with Gasteiger partial charge in [0.05, 0.1) is 0 Å². The van der Waals surface area contributed by atoms with Gasteiger partial charge in [-0.15, -0.1) is 0 Å². The average Bonchev–Trinajstić information content (AvgIpc) is 2.91. The van der Waals surface area contributed by atoms with Crippen LogP contribution in [-0.4, -0.2) is 39.2 Å². The monoisotopic (exact) mass is 695 g/mol. The Labute approximate surface area is 201 Å². The number of halogens is 3. The SMILES string of the molecule is CCC[Si]1(C)C2=CC(=O)C=CC2=Nc2ccc(O)c(-c3[se]c(I)c(Br)c3Br)c21. The standard InChI is InChI=1S/C20H16Br2INO2SeSi/c1-3-8-28(2)14-9-10(25)4-5-11(14)24-12-6-7-13(26)15(19(12)28)18-16(21)17(22)20(23)27-18/h4-7,9,26H,3,8H2,1-2H3. The van der Waals surface area contributed by atoms with Gasteiger partial charge in [0.25, 0.3) is 0 Å². The number of phenolic OH excluding ortho intramolecular Hbond substituents is 1. The molecule has 8 heteroatoms. The van der Waals surface area contributed by atoms with Crippen molar-refractivity contribution in [2.75, 3.05) is 0 Å². The zero-order valence-corrected chi connectivity index (χ0v) is 23.2. The molecule has 0 saturated heterocycles. The number of hydrogen-bond acceptors (Lipinski definition) is 3. The van der Waals surface area contributed by atoms with Crippen LogP contribution < -0.4 is 5.19 Å². The first-order chi connectivity index (χ1) is 13.3. The minimum atomic E-state index is -2.26. The summed E-state index contributed by atoms with van der Waals surface area (Å²) in [6.07, 6.45) is 6.24. The van der Waals surface area contributed by atoms with Crippen LogP contribution in [0.4, 0.5) is 5.69 Å². The third kappa shape index (κ3) is 3.24. The van der Waals surface area contributed by atoms with Crippen molar-refractivity contribution in [1.82, 2.24) is 0 Å². The molecular weight excluding hydrogens is 680 g/mol. The number of fused-ring (bicyclic) bond motifs is 2. The maximum atomic E-state index is 12.2. The van der Waals surface area contributed by atoms with E-state index in [-0.39, 0.29) is 20.3 Å². The van der Waals surface area contributed by atoms with Gasteiger partial charge in [-0.1, -0.05) is 0 Å². The molecule has 1 atom stereocenters. The van der Waals surface area contributed by atoms with Crippen molar-refractivity contribution >= 4 is 99.4 Å². The summed E-state index contributed by atoms with van der Waals surface area (Å²) in [5.74, 6) is 0.323. The Kier molecular flexibility index (Phi) is 5.83. The number of rotatable bonds is 3. The molecule has 2 heterocycles. The Morgan fingerprint density at radius 2 is 2.00 bits per heavy atom. The molecule has 1 N–H and O–H groups in total. The molecule has 1 unspecified atom stereocenters. The van der Waals surface area contributed by atoms with Gasteiger partial charge in [0.1, 0.15) is 0 Å². The van der Waals surface area contributed by atoms with Crippen molar-refractivity contribution in [2.45, 2.75) is 25.9 Å². The van der Waals surface area contributed by atoms with E-state index in [0.29, 0.717) is 5.75 Å². The summed E-state index contributed by atoms with van der Waals surface area (Å²) in [6, 6.07) is 4.69. The molecule has 0 amide bonds. The van der Waals surface area contributed by atoms with Gasteiger partial charge in [-0.2, -0.15) is 0 Å². The Bertz CT molecular complexity index is 1120. The van der Waals surface area contributed by atoms with Crippen LogP contribution in [0.5, 0.6) is 5.75 Å². The fraction of sp³-hybridized carbons (Fsp3) is 0.200. The van der Waals surface area contributed by atoms with Crippen molar-refractivity contribution in [3.05, 3.63) is 46.9 Å². The molecule has 4 rings (SSSR count). The van der Waals surface area contributed by atoms with Crippen LogP contribution in [0.15, 0.2) is 49.5 Å². The van der Waals surface area contributed by atoms with Crippen LogP contribution in [-0.2, 0) is 4.79 Å². The Morgan fingerprint density at radius 3 is 2.64 bits per heavy atom. The van der Waals surface area contributed by atoms with Crippen LogP contribution >= 0.6 is 54.5 Å². The van der Waals surface area contributed by atoms with E-state index in [9.17, 15) is 9.90 Å². The maximum absolute atomic E-state index is 12.2. The molecule has 144 valence electrons. The fourth-order valence-corrected chi connectivity index (χ4v) is 14.4. The molecule has 1 aliphatic carbocycles. The second-order valence-corrected chi connectivity index (χ2v) is 17.7. The number of aliphatic imine (C=N–C) groups is 1. The fourth-order valence-electron chi connectivity index (χ4n) is 4.07. The van der Waals surface area contributed by atoms with E-state index >= 15 is 0 Å². The first kappa shape index (κ1) is 21.0. The van der Waals surface area contributed by atoms with E-state index < -0.39 is 8.07 Å². The van der Waals surface area contributed by atoms with Crippen molar-refractivity contribution in [3.8, 4) is 15.8 Å². The molecule has 0 spiro atoms. The third-order valence-electron chi connectivity index (χ3n) is 5.25. The van der Waals surface area contributed by atoms with Gasteiger partial charge >= 0.3 is 203 Å². The van der Waals surface area contributed by atoms with E-state index in [1.807, 2.05) is 12.1 Å². The summed E-state index contributed by atoms with van der Waals surface area (Å²) in [6.45, 7) is 4.50. The van der Waals surface area contributed by atoms with Gasteiger partial charge in [-0.3, -0.25) is 0 Å². The van der Waals surface area contributed by atoms with E-state index in [0.717, 1.165) is 53.2 Å². The number of benzene rings is 1. The number of phenols is 1. The molecule has 0 bridgehead atoms. The van der Waals surface area contributed by atoms with Crippen LogP contribution in [0.1, 0.15) is 13.3 Å². The molecular formula is C20H16Br2INO2SeSi. The average molecular weight is 696 g/mol. The minimum absolute atomic E-state index is 0.0263. The quantitative estimate of drug-likeness (QED) is 0.257. The van der Waals surface area contributed by atoms with Crippen LogP contribution in [0.2, 0.25) is 12.6 Å². The summed E-state index contributed by atoms with van der Waals surface area (Å²) >= 11 is 9.88. The predicted octanol–water partition coefficient (Wildman–Crippen LogP) is 5.63. The van der Waals surface area contributed by atoms with Gasteiger partial charge < -0.3 is 0 Å².